The molecule has 90 valence electrons. The second kappa shape index (κ2) is 5.48. The van der Waals surface area contributed by atoms with Crippen molar-refractivity contribution in [2.45, 2.75) is 12.5 Å². The maximum absolute atomic E-state index is 13.0. The van der Waals surface area contributed by atoms with Gasteiger partial charge in [-0.2, -0.15) is 0 Å². The molecule has 5 heteroatoms. The van der Waals surface area contributed by atoms with Crippen LogP contribution in [0.15, 0.2) is 34.1 Å². The highest BCUT2D eigenvalue weighted by molar-refractivity contribution is 9.11. The molecule has 0 radical (unpaired) electrons. The van der Waals surface area contributed by atoms with Crippen LogP contribution in [0, 0.1) is 5.82 Å². The molecule has 0 saturated carbocycles. The first kappa shape index (κ1) is 13.0. The van der Waals surface area contributed by atoms with E-state index in [1.807, 2.05) is 12.1 Å². The Morgan fingerprint density at radius 1 is 1.35 bits per heavy atom. The standard InChI is InChI=1S/C12H9BrClFOS/c13-12-4-2-8(17-12)6-11(16)7-1-3-10(15)9(14)5-7/h1-5,11,16H,6H2. The minimum atomic E-state index is -0.668. The second-order valence-electron chi connectivity index (χ2n) is 3.60. The summed E-state index contributed by atoms with van der Waals surface area (Å²) in [5.74, 6) is -0.471. The maximum atomic E-state index is 13.0. The monoisotopic (exact) mass is 334 g/mol. The molecule has 0 bridgehead atoms. The summed E-state index contributed by atoms with van der Waals surface area (Å²) in [4.78, 5) is 1.06. The average molecular weight is 336 g/mol. The van der Waals surface area contributed by atoms with Crippen LogP contribution >= 0.6 is 38.9 Å². The van der Waals surface area contributed by atoms with Crippen molar-refractivity contribution < 1.29 is 9.50 Å². The normalized spacial score (nSPS) is 12.7. The average Bonchev–Trinajstić information content (AvgIpc) is 2.68. The molecular formula is C12H9BrClFOS. The molecule has 2 aromatic rings. The van der Waals surface area contributed by atoms with Gasteiger partial charge in [-0.3, -0.25) is 0 Å². The summed E-state index contributed by atoms with van der Waals surface area (Å²) < 4.78 is 14.0. The van der Waals surface area contributed by atoms with Crippen molar-refractivity contribution in [1.29, 1.82) is 0 Å². The molecule has 0 saturated heterocycles. The van der Waals surface area contributed by atoms with Crippen molar-refractivity contribution >= 4 is 38.9 Å². The lowest BCUT2D eigenvalue weighted by atomic mass is 10.1. The molecule has 0 spiro atoms. The SMILES string of the molecule is OC(Cc1ccc(Br)s1)c1ccc(F)c(Cl)c1. The number of benzene rings is 1. The van der Waals surface area contributed by atoms with Gasteiger partial charge in [-0.25, -0.2) is 4.39 Å². The second-order valence-corrected chi connectivity index (χ2v) is 6.55. The minimum Gasteiger partial charge on any atom is -0.388 e. The summed E-state index contributed by atoms with van der Waals surface area (Å²) in [6.45, 7) is 0. The number of aliphatic hydroxyl groups is 1. The third kappa shape index (κ3) is 3.28. The summed E-state index contributed by atoms with van der Waals surface area (Å²) in [6.07, 6.45) is -0.170. The van der Waals surface area contributed by atoms with Gasteiger partial charge in [0.05, 0.1) is 14.9 Å². The van der Waals surface area contributed by atoms with E-state index in [1.165, 1.54) is 12.1 Å². The smallest absolute Gasteiger partial charge is 0.141 e. The van der Waals surface area contributed by atoms with E-state index in [0.29, 0.717) is 12.0 Å². The maximum Gasteiger partial charge on any atom is 0.141 e. The molecule has 1 aromatic carbocycles. The van der Waals surface area contributed by atoms with Gasteiger partial charge in [0.15, 0.2) is 0 Å². The molecule has 1 nitrogen and oxygen atoms in total. The molecule has 2 rings (SSSR count). The predicted octanol–water partition coefficient (Wildman–Crippen LogP) is 4.58. The highest BCUT2D eigenvalue weighted by Crippen LogP contribution is 2.28. The fourth-order valence-electron chi connectivity index (χ4n) is 1.49. The zero-order valence-corrected chi connectivity index (χ0v) is 11.8. The van der Waals surface area contributed by atoms with Crippen LogP contribution in [0.25, 0.3) is 0 Å². The van der Waals surface area contributed by atoms with Crippen LogP contribution in [0.4, 0.5) is 4.39 Å². The molecule has 17 heavy (non-hydrogen) atoms. The molecule has 1 N–H and O–H groups in total. The van der Waals surface area contributed by atoms with Crippen molar-refractivity contribution in [3.05, 3.63) is 55.4 Å². The van der Waals surface area contributed by atoms with E-state index in [-0.39, 0.29) is 5.02 Å². The van der Waals surface area contributed by atoms with Gasteiger partial charge in [-0.1, -0.05) is 17.7 Å². The number of hydrogen-bond donors (Lipinski definition) is 1. The van der Waals surface area contributed by atoms with Crippen molar-refractivity contribution in [2.75, 3.05) is 0 Å². The Bertz CT molecular complexity index is 529. The molecule has 0 aliphatic heterocycles. The summed E-state index contributed by atoms with van der Waals surface area (Å²) in [6, 6.07) is 8.16. The Balaban J connectivity index is 2.14. The number of rotatable bonds is 3. The Morgan fingerprint density at radius 2 is 2.12 bits per heavy atom. The van der Waals surface area contributed by atoms with Crippen LogP contribution in [0.1, 0.15) is 16.5 Å². The van der Waals surface area contributed by atoms with E-state index in [2.05, 4.69) is 15.9 Å². The van der Waals surface area contributed by atoms with Crippen LogP contribution < -0.4 is 0 Å². The summed E-state index contributed by atoms with van der Waals surface area (Å²) in [5, 5.41) is 10.0. The number of aliphatic hydroxyl groups excluding tert-OH is 1. The molecule has 1 aromatic heterocycles. The van der Waals surface area contributed by atoms with E-state index < -0.39 is 11.9 Å². The Morgan fingerprint density at radius 3 is 2.71 bits per heavy atom. The fourth-order valence-corrected chi connectivity index (χ4v) is 3.20. The Labute approximate surface area is 116 Å². The van der Waals surface area contributed by atoms with Crippen LogP contribution in [0.5, 0.6) is 0 Å². The molecule has 0 aliphatic carbocycles. The van der Waals surface area contributed by atoms with Crippen molar-refractivity contribution in [2.24, 2.45) is 0 Å². The largest absolute Gasteiger partial charge is 0.388 e. The van der Waals surface area contributed by atoms with Crippen molar-refractivity contribution in [1.82, 2.24) is 0 Å². The highest BCUT2D eigenvalue weighted by atomic mass is 79.9. The number of thiophene rings is 1. The number of hydrogen-bond acceptors (Lipinski definition) is 2. The fraction of sp³-hybridized carbons (Fsp3) is 0.167. The van der Waals surface area contributed by atoms with E-state index >= 15 is 0 Å². The minimum absolute atomic E-state index is 0.0360. The van der Waals surface area contributed by atoms with Crippen LogP contribution in [-0.2, 0) is 6.42 Å². The lowest BCUT2D eigenvalue weighted by molar-refractivity contribution is 0.179. The zero-order chi connectivity index (χ0) is 12.4. The van der Waals surface area contributed by atoms with Crippen LogP contribution in [0.3, 0.4) is 0 Å². The van der Waals surface area contributed by atoms with Gasteiger partial charge in [0, 0.05) is 11.3 Å². The van der Waals surface area contributed by atoms with E-state index in [9.17, 15) is 9.50 Å². The quantitative estimate of drug-likeness (QED) is 0.870. The van der Waals surface area contributed by atoms with Gasteiger partial charge in [0.2, 0.25) is 0 Å². The van der Waals surface area contributed by atoms with Crippen LogP contribution in [-0.4, -0.2) is 5.11 Å². The van der Waals surface area contributed by atoms with Crippen LogP contribution in [0.2, 0.25) is 5.02 Å². The summed E-state index contributed by atoms with van der Waals surface area (Å²) >= 11 is 10.6. The molecule has 0 amide bonds. The zero-order valence-electron chi connectivity index (χ0n) is 8.66. The van der Waals surface area contributed by atoms with E-state index in [0.717, 1.165) is 8.66 Å². The first-order chi connectivity index (χ1) is 8.06. The lowest BCUT2D eigenvalue weighted by Gasteiger charge is -2.10. The topological polar surface area (TPSA) is 20.2 Å². The predicted molar refractivity (Wildman–Crippen MR) is 72.1 cm³/mol. The summed E-state index contributed by atoms with van der Waals surface area (Å²) in [5.41, 5.74) is 0.626. The van der Waals surface area contributed by atoms with Gasteiger partial charge in [-0.05, 0) is 45.8 Å². The molecular weight excluding hydrogens is 327 g/mol. The van der Waals surface area contributed by atoms with Gasteiger partial charge >= 0.3 is 0 Å². The third-order valence-electron chi connectivity index (χ3n) is 2.35. The van der Waals surface area contributed by atoms with Gasteiger partial charge in [0.1, 0.15) is 5.82 Å². The number of halogens is 3. The first-order valence-corrected chi connectivity index (χ1v) is 6.92. The molecule has 1 heterocycles. The van der Waals surface area contributed by atoms with Crippen molar-refractivity contribution in [3.8, 4) is 0 Å². The summed E-state index contributed by atoms with van der Waals surface area (Å²) in [7, 11) is 0. The molecule has 1 atom stereocenters. The molecule has 1 unspecified atom stereocenters. The van der Waals surface area contributed by atoms with E-state index in [4.69, 9.17) is 11.6 Å². The Kier molecular flexibility index (Phi) is 4.20. The van der Waals surface area contributed by atoms with E-state index in [1.54, 1.807) is 17.4 Å². The first-order valence-electron chi connectivity index (χ1n) is 4.93. The molecule has 0 fully saturated rings. The lowest BCUT2D eigenvalue weighted by Crippen LogP contribution is -2.00. The van der Waals surface area contributed by atoms with Crippen molar-refractivity contribution in [3.63, 3.8) is 0 Å². The van der Waals surface area contributed by atoms with Gasteiger partial charge in [-0.15, -0.1) is 11.3 Å². The van der Waals surface area contributed by atoms with Gasteiger partial charge < -0.3 is 5.11 Å². The highest BCUT2D eigenvalue weighted by Gasteiger charge is 2.12. The third-order valence-corrected chi connectivity index (χ3v) is 4.29. The Hall–Kier alpha value is -0.420. The molecule has 0 aliphatic rings. The van der Waals surface area contributed by atoms with Gasteiger partial charge in [0.25, 0.3) is 0 Å².